The van der Waals surface area contributed by atoms with Gasteiger partial charge in [-0.25, -0.2) is 4.68 Å². The highest BCUT2D eigenvalue weighted by Gasteiger charge is 2.12. The molecule has 0 fully saturated rings. The van der Waals surface area contributed by atoms with E-state index < -0.39 is 0 Å². The predicted octanol–water partition coefficient (Wildman–Crippen LogP) is 4.49. The monoisotopic (exact) mass is 285 g/mol. The van der Waals surface area contributed by atoms with Gasteiger partial charge < -0.3 is 5.32 Å². The van der Waals surface area contributed by atoms with Crippen LogP contribution in [0.15, 0.2) is 42.7 Å². The molecule has 0 saturated carbocycles. The standard InChI is InChI=1S/C18H27N3/c1-3-5-6-10-13-18(19-4-2)16-14-20-21(15-16)17-11-8-7-9-12-17/h7-9,11-12,14-15,18-19H,3-6,10,13H2,1-2H3. The summed E-state index contributed by atoms with van der Waals surface area (Å²) in [5.74, 6) is 0. The Labute approximate surface area is 128 Å². The molecule has 3 heteroatoms. The number of unbranched alkanes of at least 4 members (excludes halogenated alkanes) is 3. The Kier molecular flexibility index (Phi) is 6.48. The average molecular weight is 285 g/mol. The smallest absolute Gasteiger partial charge is 0.0645 e. The van der Waals surface area contributed by atoms with Gasteiger partial charge in [0.2, 0.25) is 0 Å². The highest BCUT2D eigenvalue weighted by Crippen LogP contribution is 2.21. The first kappa shape index (κ1) is 15.8. The molecule has 1 atom stereocenters. The van der Waals surface area contributed by atoms with Crippen molar-refractivity contribution < 1.29 is 0 Å². The highest BCUT2D eigenvalue weighted by atomic mass is 15.3. The Morgan fingerprint density at radius 3 is 2.62 bits per heavy atom. The van der Waals surface area contributed by atoms with E-state index in [1.165, 1.54) is 37.7 Å². The molecule has 0 saturated heterocycles. The number of nitrogens with zero attached hydrogens (tertiary/aromatic N) is 2. The van der Waals surface area contributed by atoms with Gasteiger partial charge in [0.25, 0.3) is 0 Å². The number of aromatic nitrogens is 2. The number of nitrogens with one attached hydrogen (secondary N) is 1. The van der Waals surface area contributed by atoms with Crippen molar-refractivity contribution in [1.82, 2.24) is 15.1 Å². The van der Waals surface area contributed by atoms with Crippen molar-refractivity contribution >= 4 is 0 Å². The molecule has 114 valence electrons. The minimum atomic E-state index is 0.421. The second-order valence-corrected chi connectivity index (χ2v) is 5.51. The van der Waals surface area contributed by atoms with Crippen molar-refractivity contribution in [2.24, 2.45) is 0 Å². The Bertz CT molecular complexity index is 504. The molecule has 0 aliphatic rings. The molecule has 21 heavy (non-hydrogen) atoms. The lowest BCUT2D eigenvalue weighted by molar-refractivity contribution is 0.482. The van der Waals surface area contributed by atoms with Crippen LogP contribution < -0.4 is 5.32 Å². The van der Waals surface area contributed by atoms with Crippen molar-refractivity contribution in [3.8, 4) is 5.69 Å². The lowest BCUT2D eigenvalue weighted by Gasteiger charge is -2.16. The first-order valence-electron chi connectivity index (χ1n) is 8.18. The van der Waals surface area contributed by atoms with Gasteiger partial charge in [-0.05, 0) is 25.1 Å². The number of hydrogen-bond acceptors (Lipinski definition) is 2. The maximum Gasteiger partial charge on any atom is 0.0645 e. The molecular weight excluding hydrogens is 258 g/mol. The molecule has 3 nitrogen and oxygen atoms in total. The molecule has 0 aliphatic carbocycles. The topological polar surface area (TPSA) is 29.9 Å². The molecular formula is C18H27N3. The number of para-hydroxylation sites is 1. The van der Waals surface area contributed by atoms with Gasteiger partial charge in [0, 0.05) is 17.8 Å². The Morgan fingerprint density at radius 1 is 1.10 bits per heavy atom. The first-order valence-corrected chi connectivity index (χ1v) is 8.18. The van der Waals surface area contributed by atoms with E-state index >= 15 is 0 Å². The van der Waals surface area contributed by atoms with Gasteiger partial charge in [0.15, 0.2) is 0 Å². The van der Waals surface area contributed by atoms with E-state index in [2.05, 4.69) is 42.6 Å². The van der Waals surface area contributed by atoms with Gasteiger partial charge in [-0.2, -0.15) is 5.10 Å². The lowest BCUT2D eigenvalue weighted by Crippen LogP contribution is -2.20. The average Bonchev–Trinajstić information content (AvgIpc) is 3.01. The van der Waals surface area contributed by atoms with E-state index in [0.717, 1.165) is 12.2 Å². The van der Waals surface area contributed by atoms with Crippen LogP contribution in [-0.2, 0) is 0 Å². The third-order valence-electron chi connectivity index (χ3n) is 3.82. The molecule has 0 spiro atoms. The summed E-state index contributed by atoms with van der Waals surface area (Å²) in [5, 5.41) is 8.10. The van der Waals surface area contributed by atoms with Crippen molar-refractivity contribution in [2.45, 2.75) is 52.0 Å². The SMILES string of the molecule is CCCCCCC(NCC)c1cnn(-c2ccccc2)c1. The molecule has 1 aromatic heterocycles. The van der Waals surface area contributed by atoms with Crippen molar-refractivity contribution in [1.29, 1.82) is 0 Å². The summed E-state index contributed by atoms with van der Waals surface area (Å²) in [4.78, 5) is 0. The third kappa shape index (κ3) is 4.71. The zero-order valence-electron chi connectivity index (χ0n) is 13.3. The second-order valence-electron chi connectivity index (χ2n) is 5.51. The molecule has 0 aliphatic heterocycles. The molecule has 2 aromatic rings. The number of rotatable bonds is 9. The van der Waals surface area contributed by atoms with Crippen LogP contribution in [0.1, 0.15) is 57.6 Å². The van der Waals surface area contributed by atoms with Crippen LogP contribution >= 0.6 is 0 Å². The van der Waals surface area contributed by atoms with Crippen LogP contribution in [0.5, 0.6) is 0 Å². The summed E-state index contributed by atoms with van der Waals surface area (Å²) >= 11 is 0. The van der Waals surface area contributed by atoms with Gasteiger partial charge in [0.1, 0.15) is 0 Å². The quantitative estimate of drug-likeness (QED) is 0.688. The molecule has 1 heterocycles. The summed E-state index contributed by atoms with van der Waals surface area (Å²) in [6, 6.07) is 10.7. The third-order valence-corrected chi connectivity index (χ3v) is 3.82. The molecule has 1 aromatic carbocycles. The zero-order chi connectivity index (χ0) is 14.9. The van der Waals surface area contributed by atoms with Crippen molar-refractivity contribution in [2.75, 3.05) is 6.54 Å². The van der Waals surface area contributed by atoms with Gasteiger partial charge in [-0.15, -0.1) is 0 Å². The zero-order valence-corrected chi connectivity index (χ0v) is 13.3. The molecule has 1 N–H and O–H groups in total. The molecule has 0 amide bonds. The number of benzene rings is 1. The Hall–Kier alpha value is -1.61. The molecule has 0 bridgehead atoms. The summed E-state index contributed by atoms with van der Waals surface area (Å²) in [7, 11) is 0. The van der Waals surface area contributed by atoms with Crippen LogP contribution in [0, 0.1) is 0 Å². The van der Waals surface area contributed by atoms with Crippen molar-refractivity contribution in [3.63, 3.8) is 0 Å². The van der Waals surface area contributed by atoms with Crippen LogP contribution in [0.25, 0.3) is 5.69 Å². The van der Waals surface area contributed by atoms with E-state index in [4.69, 9.17) is 0 Å². The van der Waals surface area contributed by atoms with Crippen LogP contribution in [0.2, 0.25) is 0 Å². The second kappa shape index (κ2) is 8.63. The first-order chi connectivity index (χ1) is 10.3. The molecule has 2 rings (SSSR count). The van der Waals surface area contributed by atoms with Crippen LogP contribution in [0.4, 0.5) is 0 Å². The van der Waals surface area contributed by atoms with E-state index in [9.17, 15) is 0 Å². The molecule has 1 unspecified atom stereocenters. The van der Waals surface area contributed by atoms with Crippen LogP contribution in [0.3, 0.4) is 0 Å². The van der Waals surface area contributed by atoms with E-state index in [-0.39, 0.29) is 0 Å². The lowest BCUT2D eigenvalue weighted by atomic mass is 10.0. The maximum atomic E-state index is 4.51. The van der Waals surface area contributed by atoms with E-state index in [1.54, 1.807) is 0 Å². The van der Waals surface area contributed by atoms with E-state index in [0.29, 0.717) is 6.04 Å². The summed E-state index contributed by atoms with van der Waals surface area (Å²) < 4.78 is 1.96. The van der Waals surface area contributed by atoms with Gasteiger partial charge >= 0.3 is 0 Å². The fraction of sp³-hybridized carbons (Fsp3) is 0.500. The highest BCUT2D eigenvalue weighted by molar-refractivity contribution is 5.31. The largest absolute Gasteiger partial charge is 0.310 e. The Morgan fingerprint density at radius 2 is 1.90 bits per heavy atom. The fourth-order valence-electron chi connectivity index (χ4n) is 2.65. The summed E-state index contributed by atoms with van der Waals surface area (Å²) in [6.07, 6.45) is 10.6. The minimum absolute atomic E-state index is 0.421. The maximum absolute atomic E-state index is 4.51. The van der Waals surface area contributed by atoms with Crippen molar-refractivity contribution in [3.05, 3.63) is 48.3 Å². The van der Waals surface area contributed by atoms with Crippen LogP contribution in [-0.4, -0.2) is 16.3 Å². The molecule has 0 radical (unpaired) electrons. The normalized spacial score (nSPS) is 12.5. The van der Waals surface area contributed by atoms with Gasteiger partial charge in [-0.3, -0.25) is 0 Å². The summed E-state index contributed by atoms with van der Waals surface area (Å²) in [6.45, 7) is 5.42. The summed E-state index contributed by atoms with van der Waals surface area (Å²) in [5.41, 5.74) is 2.40. The van der Waals surface area contributed by atoms with E-state index in [1.807, 2.05) is 29.1 Å². The fourth-order valence-corrected chi connectivity index (χ4v) is 2.65. The van der Waals surface area contributed by atoms with Gasteiger partial charge in [0.05, 0.1) is 11.9 Å². The number of hydrogen-bond donors (Lipinski definition) is 1. The minimum Gasteiger partial charge on any atom is -0.310 e. The van der Waals surface area contributed by atoms with Gasteiger partial charge in [-0.1, -0.05) is 57.7 Å². The predicted molar refractivity (Wildman–Crippen MR) is 88.7 cm³/mol. The Balaban J connectivity index is 2.01.